The minimum atomic E-state index is -4.52. The van der Waals surface area contributed by atoms with E-state index in [0.29, 0.717) is 11.3 Å². The Morgan fingerprint density at radius 1 is 1.03 bits per heavy atom. The van der Waals surface area contributed by atoms with Gasteiger partial charge in [0.2, 0.25) is 11.8 Å². The summed E-state index contributed by atoms with van der Waals surface area (Å²) in [6, 6.07) is 10.8. The van der Waals surface area contributed by atoms with Crippen LogP contribution >= 0.6 is 0 Å². The summed E-state index contributed by atoms with van der Waals surface area (Å²) in [6.07, 6.45) is -3.64. The molecule has 170 valence electrons. The Morgan fingerprint density at radius 3 is 2.47 bits per heavy atom. The van der Waals surface area contributed by atoms with E-state index in [1.165, 1.54) is 25.5 Å². The zero-order valence-electron chi connectivity index (χ0n) is 16.9. The molecule has 0 aliphatic rings. The van der Waals surface area contributed by atoms with Crippen molar-refractivity contribution >= 4 is 29.7 Å². The molecule has 2 aromatic carbocycles. The SMILES string of the molecule is COC(=O)COc1cccc(C=NNC(=O)CCC(=O)Nc2cccc(C(F)(F)F)c2)c1. The molecule has 0 unspecified atom stereocenters. The number of nitrogens with zero attached hydrogens (tertiary/aromatic N) is 1. The maximum atomic E-state index is 12.7. The fourth-order valence-electron chi connectivity index (χ4n) is 2.34. The van der Waals surface area contributed by atoms with Crippen molar-refractivity contribution in [1.82, 2.24) is 5.43 Å². The normalized spacial score (nSPS) is 11.1. The fourth-order valence-corrected chi connectivity index (χ4v) is 2.34. The average Bonchev–Trinajstić information content (AvgIpc) is 2.76. The van der Waals surface area contributed by atoms with E-state index in [0.717, 1.165) is 12.1 Å². The van der Waals surface area contributed by atoms with E-state index >= 15 is 0 Å². The Bertz CT molecular complexity index is 993. The molecule has 0 aliphatic carbocycles. The third-order valence-electron chi connectivity index (χ3n) is 3.90. The third-order valence-corrected chi connectivity index (χ3v) is 3.90. The van der Waals surface area contributed by atoms with Crippen LogP contribution in [0.15, 0.2) is 53.6 Å². The second-order valence-corrected chi connectivity index (χ2v) is 6.36. The number of amides is 2. The molecule has 0 aromatic heterocycles. The standard InChI is InChI=1S/C21H20F3N3O5/c1-31-20(30)13-32-17-7-2-4-14(10-17)12-25-27-19(29)9-8-18(28)26-16-6-3-5-15(11-16)21(22,23)24/h2-7,10-12H,8-9,13H2,1H3,(H,26,28)(H,27,29). The molecule has 0 fully saturated rings. The van der Waals surface area contributed by atoms with Gasteiger partial charge >= 0.3 is 12.1 Å². The molecule has 8 nitrogen and oxygen atoms in total. The van der Waals surface area contributed by atoms with Crippen molar-refractivity contribution in [2.75, 3.05) is 19.0 Å². The van der Waals surface area contributed by atoms with Crippen molar-refractivity contribution in [2.24, 2.45) is 5.10 Å². The molecule has 2 aromatic rings. The number of methoxy groups -OCH3 is 1. The molecule has 32 heavy (non-hydrogen) atoms. The van der Waals surface area contributed by atoms with Gasteiger partial charge in [-0.2, -0.15) is 18.3 Å². The molecule has 11 heteroatoms. The van der Waals surface area contributed by atoms with Crippen molar-refractivity contribution in [3.63, 3.8) is 0 Å². The molecule has 2 rings (SSSR count). The highest BCUT2D eigenvalue weighted by atomic mass is 19.4. The average molecular weight is 451 g/mol. The summed E-state index contributed by atoms with van der Waals surface area (Å²) in [7, 11) is 1.24. The summed E-state index contributed by atoms with van der Waals surface area (Å²) >= 11 is 0. The highest BCUT2D eigenvalue weighted by molar-refractivity contribution is 5.93. The number of hydrogen-bond donors (Lipinski definition) is 2. The lowest BCUT2D eigenvalue weighted by Crippen LogP contribution is -2.20. The Hall–Kier alpha value is -3.89. The summed E-state index contributed by atoms with van der Waals surface area (Å²) in [6.45, 7) is -0.254. The van der Waals surface area contributed by atoms with Gasteiger partial charge in [0.15, 0.2) is 6.61 Å². The molecule has 0 radical (unpaired) electrons. The predicted molar refractivity (Wildman–Crippen MR) is 109 cm³/mol. The Balaban J connectivity index is 1.78. The van der Waals surface area contributed by atoms with Crippen molar-refractivity contribution in [2.45, 2.75) is 19.0 Å². The molecule has 0 aliphatic heterocycles. The Kier molecular flexibility index (Phi) is 8.75. The van der Waals surface area contributed by atoms with Crippen LogP contribution in [0.25, 0.3) is 0 Å². The number of hydrazone groups is 1. The van der Waals surface area contributed by atoms with Crippen LogP contribution in [0.4, 0.5) is 18.9 Å². The minimum Gasteiger partial charge on any atom is -0.482 e. The van der Waals surface area contributed by atoms with Gasteiger partial charge < -0.3 is 14.8 Å². The number of hydrogen-bond acceptors (Lipinski definition) is 6. The summed E-state index contributed by atoms with van der Waals surface area (Å²) in [4.78, 5) is 34.8. The second kappa shape index (κ2) is 11.5. The van der Waals surface area contributed by atoms with Crippen LogP contribution in [0.5, 0.6) is 5.75 Å². The molecular formula is C21H20F3N3O5. The van der Waals surface area contributed by atoms with E-state index in [2.05, 4.69) is 20.6 Å². The van der Waals surface area contributed by atoms with Gasteiger partial charge in [0.25, 0.3) is 0 Å². The van der Waals surface area contributed by atoms with Crippen LogP contribution in [0.1, 0.15) is 24.0 Å². The first-order valence-electron chi connectivity index (χ1n) is 9.26. The topological polar surface area (TPSA) is 106 Å². The molecule has 0 saturated carbocycles. The van der Waals surface area contributed by atoms with Crippen LogP contribution in [-0.2, 0) is 25.3 Å². The first-order chi connectivity index (χ1) is 15.2. The maximum Gasteiger partial charge on any atom is 0.416 e. The Morgan fingerprint density at radius 2 is 1.75 bits per heavy atom. The zero-order valence-corrected chi connectivity index (χ0v) is 16.9. The van der Waals surface area contributed by atoms with Gasteiger partial charge in [0, 0.05) is 18.5 Å². The maximum absolute atomic E-state index is 12.7. The van der Waals surface area contributed by atoms with Crippen LogP contribution in [0, 0.1) is 0 Å². The van der Waals surface area contributed by atoms with Crippen LogP contribution in [-0.4, -0.2) is 37.7 Å². The zero-order chi connectivity index (χ0) is 23.6. The number of nitrogens with one attached hydrogen (secondary N) is 2. The highest BCUT2D eigenvalue weighted by Gasteiger charge is 2.30. The fraction of sp³-hybridized carbons (Fsp3) is 0.238. The van der Waals surface area contributed by atoms with E-state index in [-0.39, 0.29) is 25.1 Å². The number of benzene rings is 2. The smallest absolute Gasteiger partial charge is 0.416 e. The number of ether oxygens (including phenoxy) is 2. The summed E-state index contributed by atoms with van der Waals surface area (Å²) in [5, 5.41) is 6.08. The Labute approximate surface area is 181 Å². The molecule has 0 spiro atoms. The number of halogens is 3. The van der Waals surface area contributed by atoms with Crippen LogP contribution < -0.4 is 15.5 Å². The highest BCUT2D eigenvalue weighted by Crippen LogP contribution is 2.30. The molecule has 2 amide bonds. The van der Waals surface area contributed by atoms with Crippen LogP contribution in [0.3, 0.4) is 0 Å². The van der Waals surface area contributed by atoms with Gasteiger partial charge in [-0.05, 0) is 35.9 Å². The lowest BCUT2D eigenvalue weighted by atomic mass is 10.2. The molecular weight excluding hydrogens is 431 g/mol. The van der Waals surface area contributed by atoms with Gasteiger partial charge in [-0.3, -0.25) is 9.59 Å². The number of carbonyl (C=O) groups excluding carboxylic acids is 3. The first kappa shape index (κ1) is 24.4. The van der Waals surface area contributed by atoms with Gasteiger partial charge in [-0.25, -0.2) is 10.2 Å². The largest absolute Gasteiger partial charge is 0.482 e. The summed E-state index contributed by atoms with van der Waals surface area (Å²) in [5.74, 6) is -1.30. The predicted octanol–water partition coefficient (Wildman–Crippen LogP) is 3.13. The van der Waals surface area contributed by atoms with Crippen molar-refractivity contribution in [3.8, 4) is 5.75 Å². The van der Waals surface area contributed by atoms with Crippen molar-refractivity contribution in [3.05, 3.63) is 59.7 Å². The van der Waals surface area contributed by atoms with Gasteiger partial charge in [0.1, 0.15) is 5.75 Å². The van der Waals surface area contributed by atoms with Gasteiger partial charge in [-0.15, -0.1) is 0 Å². The number of rotatable bonds is 9. The molecule has 0 bridgehead atoms. The van der Waals surface area contributed by atoms with E-state index in [1.54, 1.807) is 24.3 Å². The number of esters is 1. The summed E-state index contributed by atoms with van der Waals surface area (Å²) in [5.41, 5.74) is 1.92. The third kappa shape index (κ3) is 8.46. The number of carbonyl (C=O) groups is 3. The van der Waals surface area contributed by atoms with Gasteiger partial charge in [0.05, 0.1) is 18.9 Å². The van der Waals surface area contributed by atoms with E-state index in [4.69, 9.17) is 4.74 Å². The molecule has 0 heterocycles. The van der Waals surface area contributed by atoms with E-state index in [9.17, 15) is 27.6 Å². The molecule has 0 atom stereocenters. The number of anilines is 1. The molecule has 2 N–H and O–H groups in total. The molecule has 0 saturated heterocycles. The van der Waals surface area contributed by atoms with Crippen molar-refractivity contribution in [1.29, 1.82) is 0 Å². The monoisotopic (exact) mass is 451 g/mol. The lowest BCUT2D eigenvalue weighted by molar-refractivity contribution is -0.143. The quantitative estimate of drug-likeness (QED) is 0.346. The minimum absolute atomic E-state index is 0.0162. The summed E-state index contributed by atoms with van der Waals surface area (Å²) < 4.78 is 47.8. The number of alkyl halides is 3. The second-order valence-electron chi connectivity index (χ2n) is 6.36. The van der Waals surface area contributed by atoms with Crippen LogP contribution in [0.2, 0.25) is 0 Å². The van der Waals surface area contributed by atoms with Gasteiger partial charge in [-0.1, -0.05) is 18.2 Å². The van der Waals surface area contributed by atoms with E-state index in [1.807, 2.05) is 0 Å². The first-order valence-corrected chi connectivity index (χ1v) is 9.26. The van der Waals surface area contributed by atoms with Crippen molar-refractivity contribution < 1.29 is 37.0 Å². The lowest BCUT2D eigenvalue weighted by Gasteiger charge is -2.09. The van der Waals surface area contributed by atoms with E-state index < -0.39 is 29.5 Å².